The number of hydrogen-bond donors (Lipinski definition) is 0. The summed E-state index contributed by atoms with van der Waals surface area (Å²) >= 11 is 0. The first-order valence-corrected chi connectivity index (χ1v) is 7.78. The molecule has 0 aliphatic rings. The second-order valence-corrected chi connectivity index (χ2v) is 6.24. The molecular weight excluding hydrogens is 292 g/mol. The fourth-order valence-electron chi connectivity index (χ4n) is 1.75. The molecule has 0 fully saturated rings. The van der Waals surface area contributed by atoms with Crippen molar-refractivity contribution in [2.75, 3.05) is 12.9 Å². The van der Waals surface area contributed by atoms with E-state index in [0.717, 1.165) is 0 Å². The Hall–Kier alpha value is -2.34. The van der Waals surface area contributed by atoms with Crippen molar-refractivity contribution in [2.45, 2.75) is 4.90 Å². The second kappa shape index (κ2) is 6.41. The van der Waals surface area contributed by atoms with Gasteiger partial charge in [-0.15, -0.1) is 0 Å². The van der Waals surface area contributed by atoms with Crippen LogP contribution in [-0.4, -0.2) is 27.2 Å². The van der Waals surface area contributed by atoms with Crippen molar-refractivity contribution in [3.8, 4) is 0 Å². The molecule has 110 valence electrons. The van der Waals surface area contributed by atoms with Crippen LogP contribution in [0.3, 0.4) is 0 Å². The van der Waals surface area contributed by atoms with Crippen molar-refractivity contribution < 1.29 is 22.4 Å². The van der Waals surface area contributed by atoms with Crippen LogP contribution in [0.15, 0.2) is 63.6 Å². The molecule has 21 heavy (non-hydrogen) atoms. The van der Waals surface area contributed by atoms with Gasteiger partial charge < -0.3 is 9.15 Å². The zero-order valence-corrected chi connectivity index (χ0v) is 12.2. The van der Waals surface area contributed by atoms with Gasteiger partial charge in [-0.2, -0.15) is 0 Å². The Morgan fingerprint density at radius 3 is 2.48 bits per heavy atom. The molecule has 0 saturated carbocycles. The first kappa shape index (κ1) is 15.1. The van der Waals surface area contributed by atoms with Crippen LogP contribution < -0.4 is 0 Å². The average Bonchev–Trinajstić information content (AvgIpc) is 2.99. The number of sulfone groups is 1. The number of carbonyl (C=O) groups is 1. The lowest BCUT2D eigenvalue weighted by molar-refractivity contribution is -0.135. The Balaban J connectivity index is 2.34. The van der Waals surface area contributed by atoms with Gasteiger partial charge in [-0.05, 0) is 30.3 Å². The monoisotopic (exact) mass is 306 g/mol. The maximum Gasteiger partial charge on any atom is 0.334 e. The van der Waals surface area contributed by atoms with Crippen molar-refractivity contribution in [1.29, 1.82) is 0 Å². The molecule has 5 nitrogen and oxygen atoms in total. The van der Waals surface area contributed by atoms with Gasteiger partial charge in [0.05, 0.1) is 29.6 Å². The molecule has 1 heterocycles. The lowest BCUT2D eigenvalue weighted by Gasteiger charge is -2.07. The smallest absolute Gasteiger partial charge is 0.334 e. The number of hydrogen-bond acceptors (Lipinski definition) is 5. The molecule has 0 aliphatic carbocycles. The van der Waals surface area contributed by atoms with Gasteiger partial charge in [0.15, 0.2) is 9.84 Å². The zero-order chi connectivity index (χ0) is 15.3. The molecule has 1 aromatic carbocycles. The standard InChI is InChI=1S/C15H14O5S/c1-19-15(16)12(10-13-6-5-9-20-13)11-21(17,18)14-7-3-2-4-8-14/h2-10H,11H2,1H3/b12-10+. The minimum atomic E-state index is -3.63. The Bertz CT molecular complexity index is 728. The van der Waals surface area contributed by atoms with Crippen LogP contribution in [0.5, 0.6) is 0 Å². The predicted molar refractivity (Wildman–Crippen MR) is 77.2 cm³/mol. The quantitative estimate of drug-likeness (QED) is 0.626. The van der Waals surface area contributed by atoms with E-state index < -0.39 is 21.6 Å². The van der Waals surface area contributed by atoms with E-state index in [9.17, 15) is 13.2 Å². The van der Waals surface area contributed by atoms with Gasteiger partial charge in [-0.1, -0.05) is 18.2 Å². The van der Waals surface area contributed by atoms with E-state index in [4.69, 9.17) is 4.42 Å². The molecule has 1 aromatic heterocycles. The maximum absolute atomic E-state index is 12.3. The third-order valence-corrected chi connectivity index (χ3v) is 4.44. The minimum absolute atomic E-state index is 0.0105. The molecular formula is C15H14O5S. The van der Waals surface area contributed by atoms with E-state index in [1.165, 1.54) is 31.6 Å². The zero-order valence-electron chi connectivity index (χ0n) is 11.4. The minimum Gasteiger partial charge on any atom is -0.466 e. The van der Waals surface area contributed by atoms with Crippen molar-refractivity contribution in [1.82, 2.24) is 0 Å². The van der Waals surface area contributed by atoms with E-state index in [1.54, 1.807) is 30.3 Å². The summed E-state index contributed by atoms with van der Waals surface area (Å²) in [5, 5.41) is 0. The third-order valence-electron chi connectivity index (χ3n) is 2.76. The van der Waals surface area contributed by atoms with Crippen LogP contribution in [0, 0.1) is 0 Å². The highest BCUT2D eigenvalue weighted by Gasteiger charge is 2.21. The summed E-state index contributed by atoms with van der Waals surface area (Å²) in [6, 6.07) is 11.2. The van der Waals surface area contributed by atoms with Crippen LogP contribution in [0.1, 0.15) is 5.76 Å². The molecule has 0 saturated heterocycles. The average molecular weight is 306 g/mol. The molecule has 0 N–H and O–H groups in total. The summed E-state index contributed by atoms with van der Waals surface area (Å²) < 4.78 is 34.4. The SMILES string of the molecule is COC(=O)/C(=C/c1ccco1)CS(=O)(=O)c1ccccc1. The van der Waals surface area contributed by atoms with Gasteiger partial charge in [0.25, 0.3) is 0 Å². The largest absolute Gasteiger partial charge is 0.466 e. The third kappa shape index (κ3) is 3.82. The van der Waals surface area contributed by atoms with Crippen LogP contribution in [0.25, 0.3) is 6.08 Å². The summed E-state index contributed by atoms with van der Waals surface area (Å²) in [5.41, 5.74) is 0.0105. The normalized spacial score (nSPS) is 12.1. The first-order chi connectivity index (χ1) is 10.0. The molecule has 0 spiro atoms. The summed E-state index contributed by atoms with van der Waals surface area (Å²) in [7, 11) is -2.43. The van der Waals surface area contributed by atoms with E-state index in [0.29, 0.717) is 5.76 Å². The highest BCUT2D eigenvalue weighted by atomic mass is 32.2. The molecule has 6 heteroatoms. The fourth-order valence-corrected chi connectivity index (χ4v) is 3.10. The number of methoxy groups -OCH3 is 1. The Morgan fingerprint density at radius 1 is 1.19 bits per heavy atom. The maximum atomic E-state index is 12.3. The second-order valence-electron chi connectivity index (χ2n) is 4.25. The predicted octanol–water partition coefficient (Wildman–Crippen LogP) is 2.31. The summed E-state index contributed by atoms with van der Waals surface area (Å²) in [4.78, 5) is 11.9. The van der Waals surface area contributed by atoms with Crippen LogP contribution in [-0.2, 0) is 19.4 Å². The van der Waals surface area contributed by atoms with Crippen LogP contribution >= 0.6 is 0 Å². The number of carbonyl (C=O) groups excluding carboxylic acids is 1. The number of rotatable bonds is 5. The number of esters is 1. The van der Waals surface area contributed by atoms with Crippen LogP contribution in [0.2, 0.25) is 0 Å². The van der Waals surface area contributed by atoms with Crippen molar-refractivity contribution in [3.63, 3.8) is 0 Å². The molecule has 0 bridgehead atoms. The molecule has 2 rings (SSSR count). The van der Waals surface area contributed by atoms with Gasteiger partial charge in [-0.25, -0.2) is 13.2 Å². The van der Waals surface area contributed by atoms with Crippen molar-refractivity contribution >= 4 is 21.9 Å². The van der Waals surface area contributed by atoms with Gasteiger partial charge in [-0.3, -0.25) is 0 Å². The Morgan fingerprint density at radius 2 is 1.90 bits per heavy atom. The van der Waals surface area contributed by atoms with Gasteiger partial charge in [0.1, 0.15) is 5.76 Å². The molecule has 0 aliphatic heterocycles. The van der Waals surface area contributed by atoms with E-state index >= 15 is 0 Å². The van der Waals surface area contributed by atoms with Crippen LogP contribution in [0.4, 0.5) is 0 Å². The summed E-state index contributed by atoms with van der Waals surface area (Å²) in [5.74, 6) is -0.769. The van der Waals surface area contributed by atoms with Gasteiger partial charge in [0, 0.05) is 0 Å². The molecule has 2 aromatic rings. The Labute approximate surface area is 122 Å². The highest BCUT2D eigenvalue weighted by Crippen LogP contribution is 2.17. The molecule has 0 unspecified atom stereocenters. The van der Waals surface area contributed by atoms with Gasteiger partial charge >= 0.3 is 5.97 Å². The van der Waals surface area contributed by atoms with Gasteiger partial charge in [0.2, 0.25) is 0 Å². The van der Waals surface area contributed by atoms with E-state index in [-0.39, 0.29) is 10.5 Å². The highest BCUT2D eigenvalue weighted by molar-refractivity contribution is 7.91. The lowest BCUT2D eigenvalue weighted by atomic mass is 10.2. The summed E-state index contributed by atoms with van der Waals surface area (Å²) in [6.07, 6.45) is 2.80. The first-order valence-electron chi connectivity index (χ1n) is 6.13. The summed E-state index contributed by atoms with van der Waals surface area (Å²) in [6.45, 7) is 0. The number of furan rings is 1. The lowest BCUT2D eigenvalue weighted by Crippen LogP contribution is -2.16. The molecule has 0 amide bonds. The number of benzene rings is 1. The molecule has 0 atom stereocenters. The fraction of sp³-hybridized carbons (Fsp3) is 0.133. The van der Waals surface area contributed by atoms with Crippen molar-refractivity contribution in [2.24, 2.45) is 0 Å². The van der Waals surface area contributed by atoms with E-state index in [1.807, 2.05) is 0 Å². The van der Waals surface area contributed by atoms with Crippen molar-refractivity contribution in [3.05, 3.63) is 60.1 Å². The number of ether oxygens (including phenoxy) is 1. The Kier molecular flexibility index (Phi) is 4.59. The van der Waals surface area contributed by atoms with E-state index in [2.05, 4.69) is 4.74 Å². The molecule has 0 radical (unpaired) electrons. The topological polar surface area (TPSA) is 73.6 Å².